The minimum atomic E-state index is -1.46. The molecule has 6 aromatic carbocycles. The Hall–Kier alpha value is -5.55. The van der Waals surface area contributed by atoms with Crippen molar-refractivity contribution in [1.82, 2.24) is 9.55 Å². The number of aromatic nitrogens is 2. The quantitative estimate of drug-likeness (QED) is 0.0365. The van der Waals surface area contributed by atoms with E-state index in [2.05, 4.69) is 148 Å². The van der Waals surface area contributed by atoms with Crippen LogP contribution in [0.2, 0.25) is 10.0 Å². The van der Waals surface area contributed by atoms with Crippen molar-refractivity contribution in [3.05, 3.63) is 195 Å². The van der Waals surface area contributed by atoms with Crippen LogP contribution in [-0.2, 0) is 31.5 Å². The number of imidazole rings is 1. The highest BCUT2D eigenvalue weighted by atomic mass is 35.5. The molecule has 0 spiro atoms. The van der Waals surface area contributed by atoms with Gasteiger partial charge in [-0.15, -0.1) is 0 Å². The molecule has 0 amide bonds. The third-order valence-corrected chi connectivity index (χ3v) is 17.1. The molecule has 0 radical (unpaired) electrons. The molecule has 0 N–H and O–H groups in total. The molecule has 4 nitrogen and oxygen atoms in total. The number of unbranched alkanes of at least 4 members (excludes halogenated alkanes) is 20. The van der Waals surface area contributed by atoms with Gasteiger partial charge in [0.25, 0.3) is 5.79 Å². The third-order valence-electron chi connectivity index (χ3n) is 16.5. The minimum absolute atomic E-state index is 0.573. The molecule has 1 aliphatic heterocycles. The molecule has 0 saturated heterocycles. The van der Waals surface area contributed by atoms with Crippen molar-refractivity contribution >= 4 is 34.6 Å². The van der Waals surface area contributed by atoms with Crippen molar-refractivity contribution in [2.45, 2.75) is 213 Å². The van der Waals surface area contributed by atoms with Gasteiger partial charge in [-0.1, -0.05) is 307 Å². The summed E-state index contributed by atoms with van der Waals surface area (Å²) in [4.78, 5) is 17.9. The molecule has 80 heavy (non-hydrogen) atoms. The number of aryl methyl sites for hydroxylation is 4. The zero-order valence-corrected chi connectivity index (χ0v) is 50.7. The second kappa shape index (κ2) is 32.2. The fraction of sp³-hybridized carbons (Fsp3) is 0.446. The zero-order chi connectivity index (χ0) is 55.8. The summed E-state index contributed by atoms with van der Waals surface area (Å²) >= 11 is 15.0. The largest absolute Gasteiger partial charge is 0.275 e. The lowest BCUT2D eigenvalue weighted by Crippen LogP contribution is -2.31. The van der Waals surface area contributed by atoms with E-state index in [0.717, 1.165) is 81.9 Å². The second-order valence-electron chi connectivity index (χ2n) is 22.8. The van der Waals surface area contributed by atoms with Gasteiger partial charge >= 0.3 is 0 Å². The molecule has 2 heterocycles. The van der Waals surface area contributed by atoms with Crippen molar-refractivity contribution in [2.75, 3.05) is 0 Å². The molecule has 7 aromatic rings. The summed E-state index contributed by atoms with van der Waals surface area (Å²) in [5.74, 6) is -0.786. The number of rotatable bonds is 35. The van der Waals surface area contributed by atoms with E-state index in [1.807, 2.05) is 30.3 Å². The van der Waals surface area contributed by atoms with Crippen molar-refractivity contribution in [3.63, 3.8) is 0 Å². The topological polar surface area (TPSA) is 42.5 Å². The highest BCUT2D eigenvalue weighted by Gasteiger charge is 2.46. The summed E-state index contributed by atoms with van der Waals surface area (Å²) in [6, 6.07) is 52.9. The van der Waals surface area contributed by atoms with E-state index in [0.29, 0.717) is 15.9 Å². The maximum atomic E-state index is 7.61. The average molecular weight is 1110 g/mol. The predicted molar refractivity (Wildman–Crippen MR) is 346 cm³/mol. The Morgan fingerprint density at radius 1 is 0.350 bits per heavy atom. The van der Waals surface area contributed by atoms with E-state index >= 15 is 0 Å². The lowest BCUT2D eigenvalue weighted by molar-refractivity contribution is 0.409. The van der Waals surface area contributed by atoms with Crippen LogP contribution in [0.4, 0.5) is 0 Å². The molecule has 0 saturated carbocycles. The van der Waals surface area contributed by atoms with Gasteiger partial charge in [-0.3, -0.25) is 4.57 Å². The van der Waals surface area contributed by atoms with Gasteiger partial charge in [-0.2, -0.15) is 0 Å². The molecule has 6 heteroatoms. The number of hydrogen-bond acceptors (Lipinski definition) is 3. The zero-order valence-electron chi connectivity index (χ0n) is 49.2. The first kappa shape index (κ1) is 60.5. The number of halogens is 2. The fourth-order valence-electron chi connectivity index (χ4n) is 11.7. The lowest BCUT2D eigenvalue weighted by atomic mass is 9.96. The Labute approximate surface area is 493 Å². The van der Waals surface area contributed by atoms with E-state index in [1.165, 1.54) is 176 Å². The standard InChI is InChI=1S/C74H92Cl2N4/c1-5-9-13-17-21-25-33-57-41-49-61(50-42-57)69-70(62-51-43-58(44-52-62)34-26-22-18-14-10-6-2)79-74(78-69,66-38-30-32-40-68(66)76)80-72(64-55-47-60(48-56-64)36-28-24-20-16-12-8-4)71(77-73(80)65-37-29-31-39-67(65)75)63-53-45-59(46-54-63)35-27-23-19-15-11-7-3/h29-32,37-56H,5-28,33-36H2,1-4H3. The van der Waals surface area contributed by atoms with Gasteiger partial charge < -0.3 is 0 Å². The highest BCUT2D eigenvalue weighted by Crippen LogP contribution is 2.49. The van der Waals surface area contributed by atoms with Gasteiger partial charge in [0.1, 0.15) is 5.82 Å². The molecule has 0 atom stereocenters. The van der Waals surface area contributed by atoms with Crippen LogP contribution in [0.15, 0.2) is 156 Å². The third kappa shape index (κ3) is 16.3. The minimum Gasteiger partial charge on any atom is -0.275 e. The van der Waals surface area contributed by atoms with Crippen LogP contribution in [-0.4, -0.2) is 21.0 Å². The Bertz CT molecular complexity index is 2920. The summed E-state index contributed by atoms with van der Waals surface area (Å²) < 4.78 is 2.28. The normalized spacial score (nSPS) is 13.0. The van der Waals surface area contributed by atoms with Crippen molar-refractivity contribution in [2.24, 2.45) is 9.98 Å². The van der Waals surface area contributed by atoms with Gasteiger partial charge in [0.2, 0.25) is 0 Å². The maximum absolute atomic E-state index is 7.61. The molecular weight excluding hydrogens is 1020 g/mol. The SMILES string of the molecule is CCCCCCCCc1ccc(C2=NC(c3ccccc3Cl)(n3c(-c4ccccc4Cl)nc(-c4ccc(CCCCCCCC)cc4)c3-c3ccc(CCCCCCCC)cc3)N=C2c2ccc(CCCCCCCC)cc2)cc1. The first-order chi connectivity index (χ1) is 39.4. The summed E-state index contributed by atoms with van der Waals surface area (Å²) in [6.07, 6.45) is 34.8. The molecule has 0 unspecified atom stereocenters. The van der Waals surface area contributed by atoms with E-state index < -0.39 is 5.79 Å². The maximum Gasteiger partial charge on any atom is 0.263 e. The van der Waals surface area contributed by atoms with Crippen LogP contribution >= 0.6 is 23.2 Å². The molecule has 0 bridgehead atoms. The number of benzene rings is 6. The van der Waals surface area contributed by atoms with Crippen LogP contribution in [0.25, 0.3) is 33.9 Å². The van der Waals surface area contributed by atoms with E-state index in [-0.39, 0.29) is 0 Å². The van der Waals surface area contributed by atoms with Crippen LogP contribution < -0.4 is 0 Å². The van der Waals surface area contributed by atoms with Crippen LogP contribution in [0.5, 0.6) is 0 Å². The summed E-state index contributed by atoms with van der Waals surface area (Å²) in [5.41, 5.74) is 14.4. The van der Waals surface area contributed by atoms with Crippen LogP contribution in [0.3, 0.4) is 0 Å². The van der Waals surface area contributed by atoms with E-state index in [1.54, 1.807) is 0 Å². The summed E-state index contributed by atoms with van der Waals surface area (Å²) in [6.45, 7) is 9.14. The van der Waals surface area contributed by atoms with Crippen molar-refractivity contribution < 1.29 is 0 Å². The molecule has 1 aromatic heterocycles. The molecular formula is C74H92Cl2N4. The number of nitrogens with zero attached hydrogens (tertiary/aromatic N) is 4. The highest BCUT2D eigenvalue weighted by molar-refractivity contribution is 6.54. The van der Waals surface area contributed by atoms with Gasteiger partial charge in [0.05, 0.1) is 32.9 Å². The summed E-state index contributed by atoms with van der Waals surface area (Å²) in [7, 11) is 0. The molecule has 0 aliphatic carbocycles. The molecule has 0 fully saturated rings. The smallest absolute Gasteiger partial charge is 0.263 e. The second-order valence-corrected chi connectivity index (χ2v) is 23.7. The summed E-state index contributed by atoms with van der Waals surface area (Å²) in [5, 5.41) is 1.17. The van der Waals surface area contributed by atoms with E-state index in [4.69, 9.17) is 38.2 Å². The Morgan fingerprint density at radius 3 is 1.07 bits per heavy atom. The van der Waals surface area contributed by atoms with Crippen molar-refractivity contribution in [1.29, 1.82) is 0 Å². The van der Waals surface area contributed by atoms with Crippen LogP contribution in [0.1, 0.15) is 221 Å². The lowest BCUT2D eigenvalue weighted by Gasteiger charge is -2.30. The molecule has 422 valence electrons. The Morgan fingerprint density at radius 2 is 0.688 bits per heavy atom. The van der Waals surface area contributed by atoms with Gasteiger partial charge in [0, 0.05) is 33.4 Å². The van der Waals surface area contributed by atoms with Gasteiger partial charge in [-0.25, -0.2) is 15.0 Å². The number of hydrogen-bond donors (Lipinski definition) is 0. The van der Waals surface area contributed by atoms with Gasteiger partial charge in [0.15, 0.2) is 0 Å². The fourth-order valence-corrected chi connectivity index (χ4v) is 12.2. The number of aliphatic imine (C=N–C) groups is 2. The van der Waals surface area contributed by atoms with Crippen LogP contribution in [0, 0.1) is 0 Å². The van der Waals surface area contributed by atoms with Crippen molar-refractivity contribution in [3.8, 4) is 33.9 Å². The Balaban J connectivity index is 1.32. The molecule has 1 aliphatic rings. The predicted octanol–water partition coefficient (Wildman–Crippen LogP) is 22.5. The Kier molecular flexibility index (Phi) is 24.4. The first-order valence-electron chi connectivity index (χ1n) is 31.6. The monoisotopic (exact) mass is 1110 g/mol. The molecule has 8 rings (SSSR count). The average Bonchev–Trinajstić information content (AvgIpc) is 4.28. The van der Waals surface area contributed by atoms with E-state index in [9.17, 15) is 0 Å². The first-order valence-corrected chi connectivity index (χ1v) is 32.3. The van der Waals surface area contributed by atoms with Gasteiger partial charge in [-0.05, 0) is 91.8 Å².